The summed E-state index contributed by atoms with van der Waals surface area (Å²) in [6.07, 6.45) is 3.07. The number of piperidine rings is 1. The van der Waals surface area contributed by atoms with Gasteiger partial charge in [0.25, 0.3) is 5.91 Å². The summed E-state index contributed by atoms with van der Waals surface area (Å²) in [5.74, 6) is -1.58. The number of nitrogens with one attached hydrogen (secondary N) is 2. The number of hydrogen-bond donors (Lipinski definition) is 3. The van der Waals surface area contributed by atoms with Crippen LogP contribution in [0.15, 0.2) is 35.2 Å². The molecule has 178 valence electrons. The zero-order valence-corrected chi connectivity index (χ0v) is 20.2. The Kier molecular flexibility index (Phi) is 7.85. The van der Waals surface area contributed by atoms with E-state index in [-0.39, 0.29) is 24.3 Å². The molecule has 0 unspecified atom stereocenters. The number of aliphatic hydroxyl groups excluding tert-OH is 1. The van der Waals surface area contributed by atoms with Gasteiger partial charge in [0.05, 0.1) is 23.6 Å². The Morgan fingerprint density at radius 2 is 2.06 bits per heavy atom. The number of pyridine rings is 2. The molecular formula is C22H27BrFN5O4. The molecule has 3 heterocycles. The number of carbonyl (C=O) groups excluding carboxylic acids is 2. The van der Waals surface area contributed by atoms with E-state index in [0.717, 1.165) is 6.07 Å². The second-order valence-electron chi connectivity index (χ2n) is 8.84. The molecule has 0 bridgehead atoms. The van der Waals surface area contributed by atoms with Gasteiger partial charge in [-0.15, -0.1) is 0 Å². The topological polar surface area (TPSA) is 117 Å². The SMILES string of the molecule is CC(C)(C)OC(=O)N[C@H]1C[C@@H](CO)CN(c2ccncc2NC(=O)c2nc(Br)ccc2F)C1. The van der Waals surface area contributed by atoms with Crippen molar-refractivity contribution in [3.8, 4) is 0 Å². The molecule has 11 heteroatoms. The monoisotopic (exact) mass is 523 g/mol. The molecule has 2 aromatic rings. The molecule has 2 amide bonds. The van der Waals surface area contributed by atoms with E-state index in [1.807, 2.05) is 4.90 Å². The normalized spacial score (nSPS) is 18.5. The summed E-state index contributed by atoms with van der Waals surface area (Å²) in [7, 11) is 0. The third-order valence-corrected chi connectivity index (χ3v) is 5.37. The predicted molar refractivity (Wildman–Crippen MR) is 125 cm³/mol. The fourth-order valence-electron chi connectivity index (χ4n) is 3.63. The Balaban J connectivity index is 1.80. The number of hydrogen-bond acceptors (Lipinski definition) is 7. The summed E-state index contributed by atoms with van der Waals surface area (Å²) < 4.78 is 19.8. The Hall–Kier alpha value is -2.79. The maximum atomic E-state index is 14.1. The average molecular weight is 524 g/mol. The summed E-state index contributed by atoms with van der Waals surface area (Å²) in [6.45, 7) is 6.20. The second-order valence-corrected chi connectivity index (χ2v) is 9.66. The molecule has 33 heavy (non-hydrogen) atoms. The number of alkyl carbamates (subject to hydrolysis) is 1. The van der Waals surface area contributed by atoms with E-state index in [0.29, 0.717) is 35.5 Å². The highest BCUT2D eigenvalue weighted by Gasteiger charge is 2.31. The van der Waals surface area contributed by atoms with Gasteiger partial charge in [-0.2, -0.15) is 0 Å². The van der Waals surface area contributed by atoms with E-state index in [4.69, 9.17) is 4.74 Å². The molecule has 2 atom stereocenters. The van der Waals surface area contributed by atoms with Crippen LogP contribution < -0.4 is 15.5 Å². The van der Waals surface area contributed by atoms with Crippen molar-refractivity contribution >= 4 is 39.3 Å². The molecule has 1 saturated heterocycles. The minimum absolute atomic E-state index is 0.0665. The van der Waals surface area contributed by atoms with Crippen molar-refractivity contribution in [3.63, 3.8) is 0 Å². The first-order valence-electron chi connectivity index (χ1n) is 10.5. The standard InChI is InChI=1S/C22H27BrFN5O4/c1-22(2,3)33-21(32)26-14-8-13(12-30)10-29(11-14)17-6-7-25-9-16(17)27-20(31)19-15(24)4-5-18(23)28-19/h4-7,9,13-14,30H,8,10-12H2,1-3H3,(H,26,32)(H,27,31)/t13-,14+/m1/s1. The number of amides is 2. The quantitative estimate of drug-likeness (QED) is 0.514. The second kappa shape index (κ2) is 10.4. The van der Waals surface area contributed by atoms with Gasteiger partial charge in [0, 0.05) is 31.8 Å². The van der Waals surface area contributed by atoms with Crippen LogP contribution in [0.25, 0.3) is 0 Å². The van der Waals surface area contributed by atoms with E-state index in [9.17, 15) is 19.1 Å². The Labute approximate surface area is 199 Å². The van der Waals surface area contributed by atoms with Crippen LogP contribution in [0.2, 0.25) is 0 Å². The molecule has 1 aliphatic heterocycles. The fraction of sp³-hybridized carbons (Fsp3) is 0.455. The zero-order valence-electron chi connectivity index (χ0n) is 18.6. The van der Waals surface area contributed by atoms with Gasteiger partial charge in [0.15, 0.2) is 11.5 Å². The highest BCUT2D eigenvalue weighted by molar-refractivity contribution is 9.10. The van der Waals surface area contributed by atoms with Crippen molar-refractivity contribution < 1.29 is 23.8 Å². The molecule has 3 N–H and O–H groups in total. The van der Waals surface area contributed by atoms with Crippen molar-refractivity contribution in [3.05, 3.63) is 46.7 Å². The van der Waals surface area contributed by atoms with Gasteiger partial charge in [0.1, 0.15) is 10.2 Å². The summed E-state index contributed by atoms with van der Waals surface area (Å²) >= 11 is 3.14. The smallest absolute Gasteiger partial charge is 0.407 e. The number of aromatic nitrogens is 2. The Morgan fingerprint density at radius 3 is 2.76 bits per heavy atom. The molecule has 1 aliphatic rings. The number of nitrogens with zero attached hydrogens (tertiary/aromatic N) is 3. The first-order valence-corrected chi connectivity index (χ1v) is 11.3. The molecule has 0 aromatic carbocycles. The van der Waals surface area contributed by atoms with Crippen LogP contribution in [0.5, 0.6) is 0 Å². The minimum atomic E-state index is -0.749. The molecule has 0 spiro atoms. The van der Waals surface area contributed by atoms with Crippen LogP contribution in [-0.2, 0) is 4.74 Å². The lowest BCUT2D eigenvalue weighted by molar-refractivity contribution is 0.0487. The third kappa shape index (κ3) is 6.84. The van der Waals surface area contributed by atoms with E-state index in [1.165, 1.54) is 12.3 Å². The first-order chi connectivity index (χ1) is 15.6. The lowest BCUT2D eigenvalue weighted by atomic mass is 9.94. The molecule has 3 rings (SSSR count). The number of aliphatic hydroxyl groups is 1. The van der Waals surface area contributed by atoms with Crippen LogP contribution in [0.3, 0.4) is 0 Å². The largest absolute Gasteiger partial charge is 0.444 e. The van der Waals surface area contributed by atoms with Crippen LogP contribution in [0.1, 0.15) is 37.7 Å². The fourth-order valence-corrected chi connectivity index (χ4v) is 3.94. The Bertz CT molecular complexity index is 1020. The summed E-state index contributed by atoms with van der Waals surface area (Å²) in [5, 5.41) is 15.3. The predicted octanol–water partition coefficient (Wildman–Crippen LogP) is 3.34. The van der Waals surface area contributed by atoms with Crippen LogP contribution in [0.4, 0.5) is 20.6 Å². The highest BCUT2D eigenvalue weighted by atomic mass is 79.9. The maximum absolute atomic E-state index is 14.1. The zero-order chi connectivity index (χ0) is 24.2. The van der Waals surface area contributed by atoms with Gasteiger partial charge in [-0.25, -0.2) is 14.2 Å². The number of rotatable bonds is 5. The van der Waals surface area contributed by atoms with Crippen LogP contribution in [0, 0.1) is 11.7 Å². The number of ether oxygens (including phenoxy) is 1. The van der Waals surface area contributed by atoms with Gasteiger partial charge in [-0.05, 0) is 61.3 Å². The van der Waals surface area contributed by atoms with Crippen molar-refractivity contribution in [2.75, 3.05) is 29.9 Å². The summed E-state index contributed by atoms with van der Waals surface area (Å²) in [6, 6.07) is 3.98. The molecule has 9 nitrogen and oxygen atoms in total. The average Bonchev–Trinajstić information content (AvgIpc) is 2.74. The maximum Gasteiger partial charge on any atom is 0.407 e. The minimum Gasteiger partial charge on any atom is -0.444 e. The van der Waals surface area contributed by atoms with Crippen LogP contribution in [-0.4, -0.2) is 58.4 Å². The van der Waals surface area contributed by atoms with Gasteiger partial charge in [-0.3, -0.25) is 9.78 Å². The number of carbonyl (C=O) groups is 2. The molecule has 0 radical (unpaired) electrons. The van der Waals surface area contributed by atoms with Crippen molar-refractivity contribution in [2.45, 2.75) is 38.8 Å². The van der Waals surface area contributed by atoms with E-state index < -0.39 is 23.4 Å². The molecule has 0 saturated carbocycles. The number of halogens is 2. The van der Waals surface area contributed by atoms with Crippen molar-refractivity contribution in [1.29, 1.82) is 0 Å². The number of anilines is 2. The van der Waals surface area contributed by atoms with E-state index in [2.05, 4.69) is 36.5 Å². The van der Waals surface area contributed by atoms with E-state index >= 15 is 0 Å². The third-order valence-electron chi connectivity index (χ3n) is 4.93. The Morgan fingerprint density at radius 1 is 1.30 bits per heavy atom. The molecular weight excluding hydrogens is 497 g/mol. The molecule has 2 aromatic heterocycles. The van der Waals surface area contributed by atoms with E-state index in [1.54, 1.807) is 33.0 Å². The van der Waals surface area contributed by atoms with Gasteiger partial charge in [0.2, 0.25) is 0 Å². The summed E-state index contributed by atoms with van der Waals surface area (Å²) in [5.41, 5.74) is 0.00400. The van der Waals surface area contributed by atoms with Gasteiger partial charge in [-0.1, -0.05) is 0 Å². The lowest BCUT2D eigenvalue weighted by Gasteiger charge is -2.39. The summed E-state index contributed by atoms with van der Waals surface area (Å²) in [4.78, 5) is 34.9. The van der Waals surface area contributed by atoms with Crippen LogP contribution >= 0.6 is 15.9 Å². The molecule has 0 aliphatic carbocycles. The first kappa shape index (κ1) is 24.8. The van der Waals surface area contributed by atoms with Crippen molar-refractivity contribution in [2.24, 2.45) is 5.92 Å². The van der Waals surface area contributed by atoms with Gasteiger partial charge >= 0.3 is 6.09 Å². The molecule has 1 fully saturated rings. The highest BCUT2D eigenvalue weighted by Crippen LogP contribution is 2.30. The van der Waals surface area contributed by atoms with Gasteiger partial charge < -0.3 is 25.4 Å². The van der Waals surface area contributed by atoms with Crippen molar-refractivity contribution in [1.82, 2.24) is 15.3 Å². The lowest BCUT2D eigenvalue weighted by Crippen LogP contribution is -2.52.